The molecule has 0 bridgehead atoms. The Labute approximate surface area is 227 Å². The molecule has 1 unspecified atom stereocenters. The lowest BCUT2D eigenvalue weighted by Gasteiger charge is -2.34. The fraction of sp³-hybridized carbons (Fsp3) is 0.375. The molecule has 0 saturated heterocycles. The highest BCUT2D eigenvalue weighted by Gasteiger charge is 2.32. The van der Waals surface area contributed by atoms with Crippen molar-refractivity contribution >= 4 is 11.8 Å². The van der Waals surface area contributed by atoms with Crippen molar-refractivity contribution in [1.82, 2.24) is 10.2 Å². The molecule has 6 nitrogen and oxygen atoms in total. The van der Waals surface area contributed by atoms with E-state index in [-0.39, 0.29) is 25.0 Å². The molecule has 1 N–H and O–H groups in total. The van der Waals surface area contributed by atoms with Crippen LogP contribution in [-0.4, -0.2) is 42.0 Å². The lowest BCUT2D eigenvalue weighted by molar-refractivity contribution is -0.143. The molecule has 0 aliphatic rings. The molecule has 202 valence electrons. The van der Waals surface area contributed by atoms with E-state index < -0.39 is 11.6 Å². The predicted molar refractivity (Wildman–Crippen MR) is 152 cm³/mol. The average molecular weight is 517 g/mol. The third kappa shape index (κ3) is 8.10. The summed E-state index contributed by atoms with van der Waals surface area (Å²) in [6.07, 6.45) is 0.376. The molecular formula is C32H40N2O4. The summed E-state index contributed by atoms with van der Waals surface area (Å²) < 4.78 is 11.5. The van der Waals surface area contributed by atoms with Crippen LogP contribution in [-0.2, 0) is 22.6 Å². The van der Waals surface area contributed by atoms with Gasteiger partial charge in [-0.2, -0.15) is 0 Å². The minimum absolute atomic E-state index is 0.179. The Morgan fingerprint density at radius 3 is 2.26 bits per heavy atom. The molecule has 0 aliphatic carbocycles. The number of ether oxygens (including phenoxy) is 2. The molecule has 3 rings (SSSR count). The van der Waals surface area contributed by atoms with Gasteiger partial charge in [-0.15, -0.1) is 0 Å². The Morgan fingerprint density at radius 2 is 1.61 bits per heavy atom. The summed E-state index contributed by atoms with van der Waals surface area (Å²) in [5, 5.41) is 3.08. The molecule has 38 heavy (non-hydrogen) atoms. The fourth-order valence-electron chi connectivity index (χ4n) is 4.35. The van der Waals surface area contributed by atoms with Gasteiger partial charge in [-0.1, -0.05) is 48.5 Å². The summed E-state index contributed by atoms with van der Waals surface area (Å²) in [5.74, 6) is 0.892. The first-order valence-electron chi connectivity index (χ1n) is 13.0. The lowest BCUT2D eigenvalue weighted by atomic mass is 10.0. The van der Waals surface area contributed by atoms with Crippen LogP contribution in [0.25, 0.3) is 0 Å². The molecule has 3 aromatic carbocycles. The molecule has 6 heteroatoms. The molecule has 2 amide bonds. The standard InChI is InChI=1S/C32H40N2O4/c1-22-16-23(2)24(3)29(17-22)38-21-30(35)34(20-26-14-11-15-27(18-26)37-7)28(31(36)33-32(4,5)6)19-25-12-9-8-10-13-25/h8-18,28H,19-21H2,1-7H3,(H,33,36). The summed E-state index contributed by atoms with van der Waals surface area (Å²) in [5.41, 5.74) is 4.54. The summed E-state index contributed by atoms with van der Waals surface area (Å²) >= 11 is 0. The van der Waals surface area contributed by atoms with Crippen LogP contribution in [0.2, 0.25) is 0 Å². The van der Waals surface area contributed by atoms with Crippen molar-refractivity contribution in [2.24, 2.45) is 0 Å². The van der Waals surface area contributed by atoms with E-state index in [1.807, 2.05) is 102 Å². The third-order valence-electron chi connectivity index (χ3n) is 6.37. The maximum absolute atomic E-state index is 13.8. The first kappa shape index (κ1) is 28.8. The van der Waals surface area contributed by atoms with E-state index in [2.05, 4.69) is 11.4 Å². The lowest BCUT2D eigenvalue weighted by Crippen LogP contribution is -2.55. The van der Waals surface area contributed by atoms with Crippen molar-refractivity contribution in [3.63, 3.8) is 0 Å². The van der Waals surface area contributed by atoms with Gasteiger partial charge in [0.05, 0.1) is 7.11 Å². The first-order chi connectivity index (χ1) is 18.0. The Kier molecular flexibility index (Phi) is 9.56. The van der Waals surface area contributed by atoms with Gasteiger partial charge in [0.25, 0.3) is 5.91 Å². The zero-order valence-corrected chi connectivity index (χ0v) is 23.6. The fourth-order valence-corrected chi connectivity index (χ4v) is 4.35. The van der Waals surface area contributed by atoms with Crippen LogP contribution in [0.5, 0.6) is 11.5 Å². The maximum Gasteiger partial charge on any atom is 0.261 e. The van der Waals surface area contributed by atoms with Gasteiger partial charge < -0.3 is 19.7 Å². The van der Waals surface area contributed by atoms with Crippen molar-refractivity contribution in [3.05, 3.63) is 94.5 Å². The molecule has 0 spiro atoms. The van der Waals surface area contributed by atoms with Gasteiger partial charge in [0.2, 0.25) is 5.91 Å². The van der Waals surface area contributed by atoms with E-state index in [1.54, 1.807) is 12.0 Å². The molecule has 0 heterocycles. The Morgan fingerprint density at radius 1 is 0.921 bits per heavy atom. The Bertz CT molecular complexity index is 1250. The predicted octanol–water partition coefficient (Wildman–Crippen LogP) is 5.55. The van der Waals surface area contributed by atoms with Crippen molar-refractivity contribution < 1.29 is 19.1 Å². The van der Waals surface area contributed by atoms with Crippen LogP contribution in [0.3, 0.4) is 0 Å². The SMILES string of the molecule is COc1cccc(CN(C(=O)COc2cc(C)cc(C)c2C)C(Cc2ccccc2)C(=O)NC(C)(C)C)c1. The molecule has 3 aromatic rings. The largest absolute Gasteiger partial charge is 0.497 e. The van der Waals surface area contributed by atoms with Crippen LogP contribution in [0.15, 0.2) is 66.7 Å². The Balaban J connectivity index is 1.98. The maximum atomic E-state index is 13.8. The van der Waals surface area contributed by atoms with E-state index in [1.165, 1.54) is 0 Å². The van der Waals surface area contributed by atoms with E-state index in [0.717, 1.165) is 27.8 Å². The van der Waals surface area contributed by atoms with Gasteiger partial charge in [-0.3, -0.25) is 9.59 Å². The van der Waals surface area contributed by atoms with Crippen molar-refractivity contribution in [2.75, 3.05) is 13.7 Å². The van der Waals surface area contributed by atoms with Crippen molar-refractivity contribution in [1.29, 1.82) is 0 Å². The smallest absolute Gasteiger partial charge is 0.261 e. The van der Waals surface area contributed by atoms with Crippen LogP contribution in [0, 0.1) is 20.8 Å². The first-order valence-corrected chi connectivity index (χ1v) is 13.0. The van der Waals surface area contributed by atoms with Crippen LogP contribution in [0.4, 0.5) is 0 Å². The summed E-state index contributed by atoms with van der Waals surface area (Å²) in [7, 11) is 1.61. The van der Waals surface area contributed by atoms with Gasteiger partial charge in [-0.05, 0) is 87.6 Å². The number of methoxy groups -OCH3 is 1. The minimum atomic E-state index is -0.737. The molecule has 0 radical (unpaired) electrons. The molecule has 0 aliphatic heterocycles. The zero-order valence-electron chi connectivity index (χ0n) is 23.6. The normalized spacial score (nSPS) is 12.0. The van der Waals surface area contributed by atoms with E-state index in [0.29, 0.717) is 17.9 Å². The van der Waals surface area contributed by atoms with E-state index >= 15 is 0 Å². The Hall–Kier alpha value is -3.80. The number of carbonyl (C=O) groups is 2. The average Bonchev–Trinajstić information content (AvgIpc) is 2.86. The second-order valence-electron chi connectivity index (χ2n) is 10.8. The summed E-state index contributed by atoms with van der Waals surface area (Å²) in [6.45, 7) is 11.9. The van der Waals surface area contributed by atoms with Gasteiger partial charge in [0, 0.05) is 18.5 Å². The van der Waals surface area contributed by atoms with Crippen molar-refractivity contribution in [2.45, 2.75) is 66.1 Å². The number of nitrogens with zero attached hydrogens (tertiary/aromatic N) is 1. The topological polar surface area (TPSA) is 67.9 Å². The molecular weight excluding hydrogens is 476 g/mol. The second kappa shape index (κ2) is 12.6. The van der Waals surface area contributed by atoms with E-state index in [9.17, 15) is 9.59 Å². The van der Waals surface area contributed by atoms with Gasteiger partial charge in [0.15, 0.2) is 6.61 Å². The van der Waals surface area contributed by atoms with Crippen LogP contribution >= 0.6 is 0 Å². The third-order valence-corrected chi connectivity index (χ3v) is 6.37. The van der Waals surface area contributed by atoms with E-state index in [4.69, 9.17) is 9.47 Å². The summed E-state index contributed by atoms with van der Waals surface area (Å²) in [4.78, 5) is 29.1. The number of benzene rings is 3. The molecule has 1 atom stereocenters. The minimum Gasteiger partial charge on any atom is -0.497 e. The molecule has 0 saturated carbocycles. The highest BCUT2D eigenvalue weighted by atomic mass is 16.5. The van der Waals surface area contributed by atoms with Gasteiger partial charge in [-0.25, -0.2) is 0 Å². The molecule has 0 aromatic heterocycles. The number of nitrogens with one attached hydrogen (secondary N) is 1. The van der Waals surface area contributed by atoms with Crippen LogP contribution < -0.4 is 14.8 Å². The quantitative estimate of drug-likeness (QED) is 0.383. The van der Waals surface area contributed by atoms with Gasteiger partial charge >= 0.3 is 0 Å². The monoisotopic (exact) mass is 516 g/mol. The summed E-state index contributed by atoms with van der Waals surface area (Å²) in [6, 6.07) is 20.6. The number of rotatable bonds is 10. The van der Waals surface area contributed by atoms with Crippen LogP contribution in [0.1, 0.15) is 48.6 Å². The number of amides is 2. The highest BCUT2D eigenvalue weighted by Crippen LogP contribution is 2.24. The number of hydrogen-bond acceptors (Lipinski definition) is 4. The number of aryl methyl sites for hydroxylation is 2. The number of carbonyl (C=O) groups excluding carboxylic acids is 2. The second-order valence-corrected chi connectivity index (χ2v) is 10.8. The van der Waals surface area contributed by atoms with Gasteiger partial charge in [0.1, 0.15) is 17.5 Å². The molecule has 0 fully saturated rings. The highest BCUT2D eigenvalue weighted by molar-refractivity contribution is 5.89. The zero-order chi connectivity index (χ0) is 27.9. The van der Waals surface area contributed by atoms with Crippen molar-refractivity contribution in [3.8, 4) is 11.5 Å². The number of hydrogen-bond donors (Lipinski definition) is 1.